The largest absolute Gasteiger partial charge is 0.354 e. The molecule has 0 bridgehead atoms. The zero-order valence-corrected chi connectivity index (χ0v) is 18.0. The summed E-state index contributed by atoms with van der Waals surface area (Å²) in [5.74, 6) is 2.66. The lowest BCUT2D eigenvalue weighted by atomic mass is 9.69. The van der Waals surface area contributed by atoms with Gasteiger partial charge >= 0.3 is 0 Å². The average Bonchev–Trinajstić information content (AvgIpc) is 2.51. The van der Waals surface area contributed by atoms with Crippen molar-refractivity contribution >= 4 is 35.8 Å². The van der Waals surface area contributed by atoms with Crippen molar-refractivity contribution in [2.45, 2.75) is 70.9 Å². The van der Waals surface area contributed by atoms with Crippen LogP contribution in [-0.4, -0.2) is 49.5 Å². The molecule has 0 heterocycles. The minimum atomic E-state index is 0. The summed E-state index contributed by atoms with van der Waals surface area (Å²) in [6.07, 6.45) is 9.47. The van der Waals surface area contributed by atoms with Gasteiger partial charge in [0.1, 0.15) is 6.54 Å². The number of carbonyl (C=O) groups excluding carboxylic acids is 1. The average molecular weight is 450 g/mol. The highest BCUT2D eigenvalue weighted by atomic mass is 127. The second-order valence-electron chi connectivity index (χ2n) is 7.71. The Morgan fingerprint density at radius 2 is 1.79 bits per heavy atom. The second kappa shape index (κ2) is 10.5. The molecular weight excluding hydrogens is 415 g/mol. The molecule has 140 valence electrons. The van der Waals surface area contributed by atoms with Crippen LogP contribution < -0.4 is 10.6 Å². The van der Waals surface area contributed by atoms with Crippen molar-refractivity contribution in [2.75, 3.05) is 20.6 Å². The summed E-state index contributed by atoms with van der Waals surface area (Å²) in [6.45, 7) is 4.40. The molecule has 3 unspecified atom stereocenters. The molecule has 2 aliphatic rings. The van der Waals surface area contributed by atoms with E-state index in [0.29, 0.717) is 12.1 Å². The first-order valence-electron chi connectivity index (χ1n) is 9.23. The Balaban J connectivity index is 0.00000288. The van der Waals surface area contributed by atoms with Crippen molar-refractivity contribution in [1.29, 1.82) is 0 Å². The molecule has 2 fully saturated rings. The summed E-state index contributed by atoms with van der Waals surface area (Å²) in [5, 5.41) is 6.94. The number of nitrogens with zero attached hydrogens (tertiary/aromatic N) is 2. The van der Waals surface area contributed by atoms with Crippen molar-refractivity contribution in [1.82, 2.24) is 15.5 Å². The molecule has 0 aromatic carbocycles. The molecule has 0 aromatic heterocycles. The van der Waals surface area contributed by atoms with Crippen LogP contribution in [-0.2, 0) is 4.79 Å². The van der Waals surface area contributed by atoms with E-state index < -0.39 is 0 Å². The van der Waals surface area contributed by atoms with Gasteiger partial charge in [0.15, 0.2) is 5.96 Å². The van der Waals surface area contributed by atoms with Crippen LogP contribution >= 0.6 is 24.0 Å². The first-order chi connectivity index (χ1) is 11.0. The van der Waals surface area contributed by atoms with E-state index in [0.717, 1.165) is 17.8 Å². The summed E-state index contributed by atoms with van der Waals surface area (Å²) in [6, 6.07) is 0.801. The molecule has 24 heavy (non-hydrogen) atoms. The van der Waals surface area contributed by atoms with E-state index in [9.17, 15) is 4.79 Å². The van der Waals surface area contributed by atoms with Gasteiger partial charge in [-0.05, 0) is 44.9 Å². The summed E-state index contributed by atoms with van der Waals surface area (Å²) < 4.78 is 0. The van der Waals surface area contributed by atoms with Crippen LogP contribution in [0, 0.1) is 11.8 Å². The lowest BCUT2D eigenvalue weighted by molar-refractivity contribution is -0.127. The van der Waals surface area contributed by atoms with Crippen molar-refractivity contribution in [3.8, 4) is 0 Å². The van der Waals surface area contributed by atoms with Gasteiger partial charge in [-0.25, -0.2) is 4.99 Å². The van der Waals surface area contributed by atoms with Crippen molar-refractivity contribution < 1.29 is 4.79 Å². The van der Waals surface area contributed by atoms with Gasteiger partial charge in [0, 0.05) is 26.2 Å². The Morgan fingerprint density at radius 1 is 1.12 bits per heavy atom. The zero-order valence-electron chi connectivity index (χ0n) is 15.7. The van der Waals surface area contributed by atoms with E-state index >= 15 is 0 Å². The fraction of sp³-hybridized carbons (Fsp3) is 0.889. The Morgan fingerprint density at radius 3 is 2.42 bits per heavy atom. The van der Waals surface area contributed by atoms with Crippen LogP contribution in [0.5, 0.6) is 0 Å². The number of rotatable bonds is 4. The van der Waals surface area contributed by atoms with Gasteiger partial charge in [-0.3, -0.25) is 4.79 Å². The number of likely N-dealkylation sites (N-methyl/N-ethyl adjacent to an activating group) is 1. The van der Waals surface area contributed by atoms with E-state index in [1.807, 2.05) is 0 Å². The molecule has 3 atom stereocenters. The van der Waals surface area contributed by atoms with Crippen LogP contribution in [0.1, 0.15) is 58.8 Å². The molecular formula is C18H35IN4O. The van der Waals surface area contributed by atoms with E-state index in [-0.39, 0.29) is 36.4 Å². The standard InChI is InChI=1S/C18H34N4O.HI/c1-13(2)20-18(19-12-17(23)22(3)4)21-16-10-9-14-7-5-6-8-15(14)11-16;/h13-16H,5-12H2,1-4H3,(H2,19,20,21);1H. The fourth-order valence-electron chi connectivity index (χ4n) is 3.89. The van der Waals surface area contributed by atoms with Crippen LogP contribution in [0.15, 0.2) is 4.99 Å². The van der Waals surface area contributed by atoms with Crippen LogP contribution in [0.2, 0.25) is 0 Å². The second-order valence-corrected chi connectivity index (χ2v) is 7.71. The molecule has 0 radical (unpaired) electrons. The van der Waals surface area contributed by atoms with E-state index in [4.69, 9.17) is 0 Å². The lowest BCUT2D eigenvalue weighted by Gasteiger charge is -2.40. The van der Waals surface area contributed by atoms with Crippen LogP contribution in [0.3, 0.4) is 0 Å². The van der Waals surface area contributed by atoms with Gasteiger partial charge in [-0.1, -0.05) is 25.7 Å². The van der Waals surface area contributed by atoms with Gasteiger partial charge in [0.05, 0.1) is 0 Å². The Bertz CT molecular complexity index is 425. The third-order valence-electron chi connectivity index (χ3n) is 5.18. The molecule has 0 aliphatic heterocycles. The highest BCUT2D eigenvalue weighted by molar-refractivity contribution is 14.0. The number of fused-ring (bicyclic) bond motifs is 1. The normalized spacial score (nSPS) is 27.0. The predicted octanol–water partition coefficient (Wildman–Crippen LogP) is 3.00. The number of hydrogen-bond donors (Lipinski definition) is 2. The molecule has 2 N–H and O–H groups in total. The Kier molecular flexibility index (Phi) is 9.37. The first kappa shape index (κ1) is 21.5. The number of hydrogen-bond acceptors (Lipinski definition) is 2. The number of amides is 1. The Labute approximate surface area is 164 Å². The summed E-state index contributed by atoms with van der Waals surface area (Å²) in [7, 11) is 3.54. The van der Waals surface area contributed by atoms with Crippen molar-refractivity contribution in [3.63, 3.8) is 0 Å². The number of halogens is 1. The number of nitrogens with one attached hydrogen (secondary N) is 2. The van der Waals surface area contributed by atoms with Gasteiger partial charge < -0.3 is 15.5 Å². The molecule has 2 rings (SSSR count). The minimum Gasteiger partial charge on any atom is -0.354 e. The lowest BCUT2D eigenvalue weighted by Crippen LogP contribution is -2.49. The van der Waals surface area contributed by atoms with Crippen molar-refractivity contribution in [2.24, 2.45) is 16.8 Å². The van der Waals surface area contributed by atoms with Crippen LogP contribution in [0.4, 0.5) is 0 Å². The molecule has 2 aliphatic carbocycles. The highest BCUT2D eigenvalue weighted by Gasteiger charge is 2.32. The van der Waals surface area contributed by atoms with Gasteiger partial charge in [0.25, 0.3) is 0 Å². The topological polar surface area (TPSA) is 56.7 Å². The molecule has 0 saturated heterocycles. The monoisotopic (exact) mass is 450 g/mol. The summed E-state index contributed by atoms with van der Waals surface area (Å²) in [5.41, 5.74) is 0. The summed E-state index contributed by atoms with van der Waals surface area (Å²) in [4.78, 5) is 17.8. The van der Waals surface area contributed by atoms with E-state index in [1.54, 1.807) is 19.0 Å². The van der Waals surface area contributed by atoms with Gasteiger partial charge in [-0.15, -0.1) is 24.0 Å². The molecule has 1 amide bonds. The SMILES string of the molecule is CC(C)NC(=NCC(=O)N(C)C)NC1CCC2CCCCC2C1.I. The Hall–Kier alpha value is -0.530. The van der Waals surface area contributed by atoms with E-state index in [2.05, 4.69) is 29.5 Å². The fourth-order valence-corrected chi connectivity index (χ4v) is 3.89. The number of carbonyl (C=O) groups is 1. The minimum absolute atomic E-state index is 0. The maximum absolute atomic E-state index is 11.8. The zero-order chi connectivity index (χ0) is 16.8. The molecule has 5 nitrogen and oxygen atoms in total. The number of guanidine groups is 1. The quantitative estimate of drug-likeness (QED) is 0.394. The first-order valence-corrected chi connectivity index (χ1v) is 9.23. The van der Waals surface area contributed by atoms with Crippen LogP contribution in [0.25, 0.3) is 0 Å². The third-order valence-corrected chi connectivity index (χ3v) is 5.18. The molecule has 6 heteroatoms. The highest BCUT2D eigenvalue weighted by Crippen LogP contribution is 2.40. The molecule has 0 spiro atoms. The third kappa shape index (κ3) is 6.76. The molecule has 0 aromatic rings. The summed E-state index contributed by atoms with van der Waals surface area (Å²) >= 11 is 0. The van der Waals surface area contributed by atoms with E-state index in [1.165, 1.54) is 44.9 Å². The molecule has 2 saturated carbocycles. The maximum Gasteiger partial charge on any atom is 0.243 e. The van der Waals surface area contributed by atoms with Gasteiger partial charge in [0.2, 0.25) is 5.91 Å². The number of aliphatic imine (C=N–C) groups is 1. The van der Waals surface area contributed by atoms with Crippen molar-refractivity contribution in [3.05, 3.63) is 0 Å². The maximum atomic E-state index is 11.8. The smallest absolute Gasteiger partial charge is 0.243 e. The predicted molar refractivity (Wildman–Crippen MR) is 111 cm³/mol. The van der Waals surface area contributed by atoms with Gasteiger partial charge in [-0.2, -0.15) is 0 Å².